The third-order valence-corrected chi connectivity index (χ3v) is 7.93. The summed E-state index contributed by atoms with van der Waals surface area (Å²) in [6.45, 7) is 4.76. The minimum absolute atomic E-state index is 0.0730. The van der Waals surface area contributed by atoms with Gasteiger partial charge in [-0.1, -0.05) is 26.0 Å². The fraction of sp³-hybridized carbons (Fsp3) is 0.375. The maximum Gasteiger partial charge on any atom is 0.251 e. The highest BCUT2D eigenvalue weighted by Crippen LogP contribution is 2.27. The smallest absolute Gasteiger partial charge is 0.251 e. The third-order valence-electron chi connectivity index (χ3n) is 5.87. The Morgan fingerprint density at radius 3 is 2.38 bits per heavy atom. The fourth-order valence-corrected chi connectivity index (χ4v) is 5.40. The molecule has 1 fully saturated rings. The molecule has 34 heavy (non-hydrogen) atoms. The van der Waals surface area contributed by atoms with Gasteiger partial charge in [0.1, 0.15) is 0 Å². The summed E-state index contributed by atoms with van der Waals surface area (Å²) in [5.41, 5.74) is 1.83. The molecule has 1 heterocycles. The molecule has 1 aliphatic heterocycles. The minimum Gasteiger partial charge on any atom is -0.355 e. The Kier molecular flexibility index (Phi) is 8.06. The number of amides is 3. The van der Waals surface area contributed by atoms with Gasteiger partial charge in [-0.15, -0.1) is 0 Å². The molecule has 2 aromatic carbocycles. The van der Waals surface area contributed by atoms with Crippen LogP contribution in [0.5, 0.6) is 0 Å². The molecule has 1 unspecified atom stereocenters. The van der Waals surface area contributed by atoms with Crippen LogP contribution >= 0.6 is 0 Å². The van der Waals surface area contributed by atoms with Crippen molar-refractivity contribution in [2.24, 2.45) is 5.92 Å². The van der Waals surface area contributed by atoms with Crippen LogP contribution in [0.25, 0.3) is 0 Å². The van der Waals surface area contributed by atoms with Crippen molar-refractivity contribution in [1.29, 1.82) is 0 Å². The zero-order valence-electron chi connectivity index (χ0n) is 19.6. The Bertz CT molecular complexity index is 1160. The first-order valence-corrected chi connectivity index (χ1v) is 12.6. The Morgan fingerprint density at radius 2 is 1.76 bits per heavy atom. The van der Waals surface area contributed by atoms with Gasteiger partial charge in [-0.25, -0.2) is 8.42 Å². The highest BCUT2D eigenvalue weighted by Gasteiger charge is 2.35. The molecule has 2 N–H and O–H groups in total. The van der Waals surface area contributed by atoms with Gasteiger partial charge in [-0.05, 0) is 42.0 Å². The zero-order valence-corrected chi connectivity index (χ0v) is 20.4. The van der Waals surface area contributed by atoms with Crippen LogP contribution in [0.1, 0.15) is 36.2 Å². The molecule has 0 aliphatic carbocycles. The van der Waals surface area contributed by atoms with Gasteiger partial charge in [0.2, 0.25) is 21.8 Å². The Hall–Kier alpha value is -3.24. The van der Waals surface area contributed by atoms with Crippen LogP contribution in [0.4, 0.5) is 5.69 Å². The molecule has 3 amide bonds. The highest BCUT2D eigenvalue weighted by molar-refractivity contribution is 7.89. The molecule has 0 bridgehead atoms. The average Bonchev–Trinajstić information content (AvgIpc) is 3.24. The van der Waals surface area contributed by atoms with Crippen molar-refractivity contribution < 1.29 is 22.8 Å². The molecule has 2 aromatic rings. The fourth-order valence-electron chi connectivity index (χ4n) is 3.94. The molecule has 1 aliphatic rings. The zero-order chi connectivity index (χ0) is 24.9. The van der Waals surface area contributed by atoms with E-state index in [-0.39, 0.29) is 42.1 Å². The van der Waals surface area contributed by atoms with E-state index < -0.39 is 15.9 Å². The topological polar surface area (TPSA) is 116 Å². The summed E-state index contributed by atoms with van der Waals surface area (Å²) in [7, 11) is -2.03. The summed E-state index contributed by atoms with van der Waals surface area (Å²) in [5.74, 6) is -1.17. The molecule has 0 aromatic heterocycles. The average molecular weight is 487 g/mol. The molecule has 10 heteroatoms. The number of hydrogen-bond donors (Lipinski definition) is 2. The van der Waals surface area contributed by atoms with Crippen molar-refractivity contribution in [2.75, 3.05) is 31.6 Å². The second-order valence-corrected chi connectivity index (χ2v) is 9.92. The molecule has 9 nitrogen and oxygen atoms in total. The van der Waals surface area contributed by atoms with E-state index in [2.05, 4.69) is 10.6 Å². The largest absolute Gasteiger partial charge is 0.355 e. The van der Waals surface area contributed by atoms with E-state index in [9.17, 15) is 22.8 Å². The lowest BCUT2D eigenvalue weighted by molar-refractivity contribution is -0.126. The summed E-state index contributed by atoms with van der Waals surface area (Å²) in [5, 5.41) is 5.40. The van der Waals surface area contributed by atoms with Crippen molar-refractivity contribution in [3.05, 3.63) is 59.7 Å². The van der Waals surface area contributed by atoms with Crippen molar-refractivity contribution >= 4 is 33.4 Å². The van der Waals surface area contributed by atoms with Gasteiger partial charge < -0.3 is 15.5 Å². The van der Waals surface area contributed by atoms with E-state index in [0.29, 0.717) is 24.3 Å². The quantitative estimate of drug-likeness (QED) is 0.560. The monoisotopic (exact) mass is 486 g/mol. The van der Waals surface area contributed by atoms with Crippen LogP contribution in [-0.4, -0.2) is 57.1 Å². The summed E-state index contributed by atoms with van der Waals surface area (Å²) in [6, 6.07) is 13.1. The highest BCUT2D eigenvalue weighted by atomic mass is 32.2. The van der Waals surface area contributed by atoms with Gasteiger partial charge >= 0.3 is 0 Å². The number of carbonyl (C=O) groups is 3. The SMILES string of the molecule is CCN(CC)S(=O)(=O)c1ccc(N2CC(C(=O)NCc3cccc(C(=O)NC)c3)CC2=O)cc1. The van der Waals surface area contributed by atoms with Crippen molar-refractivity contribution in [1.82, 2.24) is 14.9 Å². The molecule has 1 atom stereocenters. The summed E-state index contributed by atoms with van der Waals surface area (Å²) >= 11 is 0. The van der Waals surface area contributed by atoms with E-state index >= 15 is 0 Å². The van der Waals surface area contributed by atoms with Gasteiger partial charge in [0.05, 0.1) is 10.8 Å². The number of benzene rings is 2. The van der Waals surface area contributed by atoms with Crippen LogP contribution in [-0.2, 0) is 26.2 Å². The normalized spacial score (nSPS) is 16.1. The predicted octanol–water partition coefficient (Wildman–Crippen LogP) is 1.75. The summed E-state index contributed by atoms with van der Waals surface area (Å²) < 4.78 is 26.7. The van der Waals surface area contributed by atoms with Gasteiger partial charge in [0.15, 0.2) is 0 Å². The number of rotatable bonds is 9. The number of hydrogen-bond acceptors (Lipinski definition) is 5. The third kappa shape index (κ3) is 5.45. The molecule has 182 valence electrons. The summed E-state index contributed by atoms with van der Waals surface area (Å²) in [4.78, 5) is 38.7. The molecule has 0 radical (unpaired) electrons. The Labute approximate surface area is 200 Å². The standard InChI is InChI=1S/C24H30N4O5S/c1-4-27(5-2)34(32,33)21-11-9-20(10-12-21)28-16-19(14-22(28)29)24(31)26-15-17-7-6-8-18(13-17)23(30)25-3/h6-13,19H,4-5,14-16H2,1-3H3,(H,25,30)(H,26,31). The van der Waals surface area contributed by atoms with Crippen molar-refractivity contribution in [3.63, 3.8) is 0 Å². The van der Waals surface area contributed by atoms with E-state index in [4.69, 9.17) is 0 Å². The maximum absolute atomic E-state index is 12.7. The Balaban J connectivity index is 1.63. The van der Waals surface area contributed by atoms with Gasteiger partial charge in [0.25, 0.3) is 5.91 Å². The van der Waals surface area contributed by atoms with Gasteiger partial charge in [-0.3, -0.25) is 14.4 Å². The second kappa shape index (κ2) is 10.8. The Morgan fingerprint density at radius 1 is 1.09 bits per heavy atom. The number of sulfonamides is 1. The molecular weight excluding hydrogens is 456 g/mol. The van der Waals surface area contributed by atoms with Crippen LogP contribution in [0, 0.1) is 5.92 Å². The van der Waals surface area contributed by atoms with E-state index in [1.807, 2.05) is 6.07 Å². The number of anilines is 1. The lowest BCUT2D eigenvalue weighted by atomic mass is 10.1. The van der Waals surface area contributed by atoms with Crippen LogP contribution in [0.2, 0.25) is 0 Å². The first-order chi connectivity index (χ1) is 16.2. The van der Waals surface area contributed by atoms with E-state index in [0.717, 1.165) is 5.56 Å². The lowest BCUT2D eigenvalue weighted by Gasteiger charge is -2.20. The van der Waals surface area contributed by atoms with Crippen molar-refractivity contribution in [2.45, 2.75) is 31.7 Å². The number of nitrogens with one attached hydrogen (secondary N) is 2. The van der Waals surface area contributed by atoms with E-state index in [1.165, 1.54) is 21.3 Å². The van der Waals surface area contributed by atoms with Gasteiger partial charge in [-0.2, -0.15) is 4.31 Å². The van der Waals surface area contributed by atoms with E-state index in [1.54, 1.807) is 51.2 Å². The van der Waals surface area contributed by atoms with Crippen LogP contribution in [0.15, 0.2) is 53.4 Å². The molecular formula is C24H30N4O5S. The van der Waals surface area contributed by atoms with Crippen molar-refractivity contribution in [3.8, 4) is 0 Å². The first-order valence-electron chi connectivity index (χ1n) is 11.2. The second-order valence-electron chi connectivity index (χ2n) is 7.99. The summed E-state index contributed by atoms with van der Waals surface area (Å²) in [6.07, 6.45) is 0.0730. The maximum atomic E-state index is 12.7. The number of carbonyl (C=O) groups excluding carboxylic acids is 3. The van der Waals surface area contributed by atoms with Crippen LogP contribution in [0.3, 0.4) is 0 Å². The van der Waals surface area contributed by atoms with Gasteiger partial charge in [0, 0.05) is 50.9 Å². The molecule has 3 rings (SSSR count). The number of nitrogens with zero attached hydrogens (tertiary/aromatic N) is 2. The van der Waals surface area contributed by atoms with Crippen LogP contribution < -0.4 is 15.5 Å². The minimum atomic E-state index is -3.58. The lowest BCUT2D eigenvalue weighted by Crippen LogP contribution is -2.32. The molecule has 1 saturated heterocycles. The molecule has 0 spiro atoms. The predicted molar refractivity (Wildman–Crippen MR) is 129 cm³/mol. The first kappa shape index (κ1) is 25.4. The molecule has 0 saturated carbocycles.